The molecule has 144 valence electrons. The summed E-state index contributed by atoms with van der Waals surface area (Å²) in [5.74, 6) is 2.58. The summed E-state index contributed by atoms with van der Waals surface area (Å²) in [6, 6.07) is 9.52. The van der Waals surface area contributed by atoms with Crippen molar-refractivity contribution >= 4 is 33.7 Å². The van der Waals surface area contributed by atoms with E-state index in [0.717, 1.165) is 5.56 Å². The number of rotatable bonds is 8. The molecule has 0 aliphatic carbocycles. The molecule has 0 aliphatic rings. The van der Waals surface area contributed by atoms with Crippen LogP contribution in [0.25, 0.3) is 6.08 Å². The average molecular weight is 446 g/mol. The minimum atomic E-state index is -0.550. The minimum absolute atomic E-state index is 0.0134. The van der Waals surface area contributed by atoms with Crippen LogP contribution in [0.4, 0.5) is 5.69 Å². The van der Waals surface area contributed by atoms with Crippen molar-refractivity contribution in [1.29, 1.82) is 0 Å². The molecule has 0 saturated heterocycles. The monoisotopic (exact) mass is 445 g/mol. The van der Waals surface area contributed by atoms with Crippen molar-refractivity contribution in [2.45, 2.75) is 6.61 Å². The Morgan fingerprint density at radius 3 is 2.64 bits per heavy atom. The Kier molecular flexibility index (Phi) is 7.60. The van der Waals surface area contributed by atoms with E-state index in [-0.39, 0.29) is 18.9 Å². The van der Waals surface area contributed by atoms with Gasteiger partial charge in [0.1, 0.15) is 6.61 Å². The SMILES string of the molecule is C#CCOC(=O)/C=C/c1cc(Br)c(OCc2ccc([N+](=O)[O-])cc2)c(OC)c1. The van der Waals surface area contributed by atoms with Crippen LogP contribution < -0.4 is 9.47 Å². The first kappa shape index (κ1) is 21.0. The van der Waals surface area contributed by atoms with E-state index in [1.165, 1.54) is 25.3 Å². The van der Waals surface area contributed by atoms with E-state index in [1.807, 2.05) is 0 Å². The van der Waals surface area contributed by atoms with E-state index < -0.39 is 10.9 Å². The van der Waals surface area contributed by atoms with E-state index in [2.05, 4.69) is 21.9 Å². The fourth-order valence-electron chi connectivity index (χ4n) is 2.17. The van der Waals surface area contributed by atoms with Crippen molar-refractivity contribution in [3.63, 3.8) is 0 Å². The number of benzene rings is 2. The van der Waals surface area contributed by atoms with Crippen LogP contribution in [0.5, 0.6) is 11.5 Å². The summed E-state index contributed by atoms with van der Waals surface area (Å²) in [4.78, 5) is 21.7. The molecule has 0 fully saturated rings. The quantitative estimate of drug-likeness (QED) is 0.199. The van der Waals surface area contributed by atoms with Crippen molar-refractivity contribution in [3.8, 4) is 23.8 Å². The molecule has 2 aromatic carbocycles. The predicted molar refractivity (Wildman–Crippen MR) is 107 cm³/mol. The normalized spacial score (nSPS) is 10.3. The first-order valence-electron chi connectivity index (χ1n) is 7.96. The summed E-state index contributed by atoms with van der Waals surface area (Å²) in [6.07, 6.45) is 7.85. The summed E-state index contributed by atoms with van der Waals surface area (Å²) >= 11 is 3.42. The number of terminal acetylenes is 1. The zero-order chi connectivity index (χ0) is 20.5. The lowest BCUT2D eigenvalue weighted by Gasteiger charge is -2.13. The number of hydrogen-bond acceptors (Lipinski definition) is 6. The second-order valence-corrected chi connectivity index (χ2v) is 6.25. The number of halogens is 1. The molecule has 2 aromatic rings. The molecule has 2 rings (SSSR count). The summed E-state index contributed by atoms with van der Waals surface area (Å²) < 4.78 is 16.5. The van der Waals surface area contributed by atoms with Gasteiger partial charge in [0, 0.05) is 18.2 Å². The van der Waals surface area contributed by atoms with Gasteiger partial charge in [0.25, 0.3) is 5.69 Å². The molecular weight excluding hydrogens is 430 g/mol. The van der Waals surface area contributed by atoms with Gasteiger partial charge in [-0.15, -0.1) is 6.42 Å². The number of methoxy groups -OCH3 is 1. The third-order valence-electron chi connectivity index (χ3n) is 3.49. The third kappa shape index (κ3) is 5.86. The number of nitro groups is 1. The van der Waals surface area contributed by atoms with Crippen molar-refractivity contribution in [2.24, 2.45) is 0 Å². The lowest BCUT2D eigenvalue weighted by molar-refractivity contribution is -0.384. The van der Waals surface area contributed by atoms with Gasteiger partial charge in [-0.1, -0.05) is 5.92 Å². The van der Waals surface area contributed by atoms with Gasteiger partial charge in [-0.3, -0.25) is 10.1 Å². The highest BCUT2D eigenvalue weighted by Crippen LogP contribution is 2.37. The molecular formula is C20H16BrNO6. The number of nitro benzene ring substituents is 1. The van der Waals surface area contributed by atoms with Gasteiger partial charge in [0.2, 0.25) is 0 Å². The molecule has 0 unspecified atom stereocenters. The zero-order valence-corrected chi connectivity index (χ0v) is 16.5. The average Bonchev–Trinajstić information content (AvgIpc) is 2.69. The topological polar surface area (TPSA) is 87.9 Å². The molecule has 0 N–H and O–H groups in total. The zero-order valence-electron chi connectivity index (χ0n) is 14.9. The van der Waals surface area contributed by atoms with Gasteiger partial charge >= 0.3 is 5.97 Å². The van der Waals surface area contributed by atoms with Gasteiger partial charge in [-0.2, -0.15) is 0 Å². The highest BCUT2D eigenvalue weighted by Gasteiger charge is 2.12. The van der Waals surface area contributed by atoms with Crippen LogP contribution in [-0.4, -0.2) is 24.6 Å². The van der Waals surface area contributed by atoms with Gasteiger partial charge in [0.05, 0.1) is 16.5 Å². The Labute approximate surface area is 170 Å². The Hall–Kier alpha value is -3.31. The predicted octanol–water partition coefficient (Wildman–Crippen LogP) is 4.13. The molecule has 7 nitrogen and oxygen atoms in total. The second-order valence-electron chi connectivity index (χ2n) is 5.39. The largest absolute Gasteiger partial charge is 0.493 e. The number of carbonyl (C=O) groups excluding carboxylic acids is 1. The van der Waals surface area contributed by atoms with E-state index >= 15 is 0 Å². The summed E-state index contributed by atoms with van der Waals surface area (Å²) in [7, 11) is 1.50. The summed E-state index contributed by atoms with van der Waals surface area (Å²) in [5, 5.41) is 10.7. The van der Waals surface area contributed by atoms with Crippen molar-refractivity contribution in [3.05, 3.63) is 68.2 Å². The standard InChI is InChI=1S/C20H16BrNO6/c1-3-10-27-19(23)9-6-15-11-17(21)20(18(12-15)26-2)28-13-14-4-7-16(8-5-14)22(24)25/h1,4-9,11-12H,10,13H2,2H3/b9-6+. The maximum Gasteiger partial charge on any atom is 0.331 e. The lowest BCUT2D eigenvalue weighted by Crippen LogP contribution is -2.00. The summed E-state index contributed by atoms with van der Waals surface area (Å²) in [5.41, 5.74) is 1.46. The molecule has 0 aliphatic heterocycles. The fourth-order valence-corrected chi connectivity index (χ4v) is 2.74. The third-order valence-corrected chi connectivity index (χ3v) is 4.08. The second kappa shape index (κ2) is 10.1. The van der Waals surface area contributed by atoms with Crippen LogP contribution in [0, 0.1) is 22.5 Å². The molecule has 0 spiro atoms. The van der Waals surface area contributed by atoms with Crippen LogP contribution in [0.15, 0.2) is 46.9 Å². The molecule has 0 aromatic heterocycles. The maximum atomic E-state index is 11.5. The van der Waals surface area contributed by atoms with Gasteiger partial charge < -0.3 is 14.2 Å². The van der Waals surface area contributed by atoms with Crippen molar-refractivity contribution in [2.75, 3.05) is 13.7 Å². The Balaban J connectivity index is 2.12. The molecule has 0 radical (unpaired) electrons. The van der Waals surface area contributed by atoms with Crippen molar-refractivity contribution < 1.29 is 23.9 Å². The number of non-ortho nitro benzene ring substituents is 1. The number of carbonyl (C=O) groups is 1. The molecule has 8 heteroatoms. The van der Waals surface area contributed by atoms with Crippen LogP contribution in [0.3, 0.4) is 0 Å². The molecule has 0 bridgehead atoms. The smallest absolute Gasteiger partial charge is 0.331 e. The van der Waals surface area contributed by atoms with E-state index in [4.69, 9.17) is 20.6 Å². The van der Waals surface area contributed by atoms with Crippen LogP contribution in [0.1, 0.15) is 11.1 Å². The van der Waals surface area contributed by atoms with E-state index in [1.54, 1.807) is 30.3 Å². The highest BCUT2D eigenvalue weighted by atomic mass is 79.9. The number of hydrogen-bond donors (Lipinski definition) is 0. The van der Waals surface area contributed by atoms with Crippen LogP contribution in [-0.2, 0) is 16.1 Å². The first-order valence-corrected chi connectivity index (χ1v) is 8.76. The number of ether oxygens (including phenoxy) is 3. The minimum Gasteiger partial charge on any atom is -0.493 e. The Morgan fingerprint density at radius 1 is 1.32 bits per heavy atom. The van der Waals surface area contributed by atoms with E-state index in [0.29, 0.717) is 21.5 Å². The molecule has 28 heavy (non-hydrogen) atoms. The Bertz CT molecular complexity index is 931. The van der Waals surface area contributed by atoms with E-state index in [9.17, 15) is 14.9 Å². The van der Waals surface area contributed by atoms with Crippen LogP contribution >= 0.6 is 15.9 Å². The molecule has 0 amide bonds. The molecule has 0 saturated carbocycles. The first-order chi connectivity index (χ1) is 13.4. The van der Waals surface area contributed by atoms with Gasteiger partial charge in [-0.05, 0) is 57.4 Å². The number of esters is 1. The fraction of sp³-hybridized carbons (Fsp3) is 0.150. The summed E-state index contributed by atoms with van der Waals surface area (Å²) in [6.45, 7) is 0.103. The molecule has 0 heterocycles. The number of nitrogens with zero attached hydrogens (tertiary/aromatic N) is 1. The highest BCUT2D eigenvalue weighted by molar-refractivity contribution is 9.10. The lowest BCUT2D eigenvalue weighted by atomic mass is 10.2. The maximum absolute atomic E-state index is 11.5. The van der Waals surface area contributed by atoms with Crippen molar-refractivity contribution in [1.82, 2.24) is 0 Å². The Morgan fingerprint density at radius 2 is 2.04 bits per heavy atom. The van der Waals surface area contributed by atoms with Gasteiger partial charge in [0.15, 0.2) is 18.1 Å². The van der Waals surface area contributed by atoms with Gasteiger partial charge in [-0.25, -0.2) is 4.79 Å². The van der Waals surface area contributed by atoms with Crippen LogP contribution in [0.2, 0.25) is 0 Å². The molecule has 0 atom stereocenters.